The number of nitrogens with two attached hydrogens (primary N) is 1. The molecule has 2 N–H and O–H groups in total. The minimum absolute atomic E-state index is 0.0311. The van der Waals surface area contributed by atoms with E-state index in [-0.39, 0.29) is 11.5 Å². The molecule has 0 aliphatic carbocycles. The lowest BCUT2D eigenvalue weighted by Gasteiger charge is -2.39. The van der Waals surface area contributed by atoms with Crippen molar-refractivity contribution in [2.75, 3.05) is 7.11 Å². The predicted molar refractivity (Wildman–Crippen MR) is 93.4 cm³/mol. The molecule has 0 bridgehead atoms. The van der Waals surface area contributed by atoms with Crippen LogP contribution in [-0.4, -0.2) is 13.2 Å². The van der Waals surface area contributed by atoms with Gasteiger partial charge in [-0.3, -0.25) is 0 Å². The topological polar surface area (TPSA) is 35.2 Å². The van der Waals surface area contributed by atoms with Crippen LogP contribution in [0.5, 0.6) is 5.75 Å². The van der Waals surface area contributed by atoms with Gasteiger partial charge in [-0.05, 0) is 43.0 Å². The van der Waals surface area contributed by atoms with Gasteiger partial charge in [-0.15, -0.1) is 0 Å². The molecule has 0 saturated carbocycles. The number of rotatable bonds is 5. The normalized spacial score (nSPS) is 15.4. The molecule has 22 heavy (non-hydrogen) atoms. The number of ether oxygens (including phenoxy) is 1. The Morgan fingerprint density at radius 1 is 0.909 bits per heavy atom. The zero-order valence-electron chi connectivity index (χ0n) is 14.3. The van der Waals surface area contributed by atoms with Crippen LogP contribution >= 0.6 is 0 Å². The van der Waals surface area contributed by atoms with Gasteiger partial charge in [-0.25, -0.2) is 0 Å². The van der Waals surface area contributed by atoms with E-state index < -0.39 is 0 Å². The van der Waals surface area contributed by atoms with Crippen molar-refractivity contribution < 1.29 is 4.74 Å². The molecule has 0 fully saturated rings. The maximum atomic E-state index is 6.64. The lowest BCUT2D eigenvalue weighted by molar-refractivity contribution is 0.352. The monoisotopic (exact) mass is 297 g/mol. The van der Waals surface area contributed by atoms with Gasteiger partial charge in [-0.2, -0.15) is 0 Å². The molecule has 2 aromatic rings. The third-order valence-corrected chi connectivity index (χ3v) is 4.73. The fourth-order valence-corrected chi connectivity index (χ4v) is 3.06. The average Bonchev–Trinajstić information content (AvgIpc) is 2.54. The van der Waals surface area contributed by atoms with Crippen molar-refractivity contribution in [2.45, 2.75) is 39.2 Å². The first-order valence-electron chi connectivity index (χ1n) is 7.87. The number of aryl methyl sites for hydroxylation is 1. The van der Waals surface area contributed by atoms with Crippen molar-refractivity contribution >= 4 is 0 Å². The third-order valence-electron chi connectivity index (χ3n) is 4.73. The molecular formula is C20H27NO. The van der Waals surface area contributed by atoms with Gasteiger partial charge >= 0.3 is 0 Å². The zero-order valence-corrected chi connectivity index (χ0v) is 14.3. The van der Waals surface area contributed by atoms with Crippen molar-refractivity contribution in [2.24, 2.45) is 11.7 Å². The number of hydrogen-bond acceptors (Lipinski definition) is 2. The van der Waals surface area contributed by atoms with Crippen molar-refractivity contribution in [1.29, 1.82) is 0 Å². The van der Waals surface area contributed by atoms with Crippen LogP contribution in [-0.2, 0) is 5.41 Å². The highest BCUT2D eigenvalue weighted by molar-refractivity contribution is 5.43. The lowest BCUT2D eigenvalue weighted by atomic mass is 9.67. The first-order chi connectivity index (χ1) is 10.4. The number of hydrogen-bond donors (Lipinski definition) is 1. The Morgan fingerprint density at radius 3 is 1.77 bits per heavy atom. The lowest BCUT2D eigenvalue weighted by Crippen LogP contribution is -2.47. The first kappa shape index (κ1) is 16.6. The Balaban J connectivity index is 2.56. The SMILES string of the molecule is COc1ccc(C(C)(c2ccc(C)cc2)[C@H](N)C(C)C)cc1. The van der Waals surface area contributed by atoms with E-state index in [9.17, 15) is 0 Å². The van der Waals surface area contributed by atoms with Crippen LogP contribution in [0, 0.1) is 12.8 Å². The van der Waals surface area contributed by atoms with Crippen LogP contribution in [0.15, 0.2) is 48.5 Å². The van der Waals surface area contributed by atoms with Gasteiger partial charge < -0.3 is 10.5 Å². The van der Waals surface area contributed by atoms with E-state index in [2.05, 4.69) is 64.1 Å². The molecule has 0 spiro atoms. The highest BCUT2D eigenvalue weighted by atomic mass is 16.5. The highest BCUT2D eigenvalue weighted by Gasteiger charge is 2.37. The highest BCUT2D eigenvalue weighted by Crippen LogP contribution is 2.38. The maximum absolute atomic E-state index is 6.64. The summed E-state index contributed by atoms with van der Waals surface area (Å²) in [6.07, 6.45) is 0. The molecule has 1 unspecified atom stereocenters. The van der Waals surface area contributed by atoms with Crippen LogP contribution in [0.3, 0.4) is 0 Å². The van der Waals surface area contributed by atoms with Crippen LogP contribution in [0.25, 0.3) is 0 Å². The predicted octanol–water partition coefficient (Wildman–Crippen LogP) is 4.29. The van der Waals surface area contributed by atoms with E-state index in [1.165, 1.54) is 16.7 Å². The molecule has 118 valence electrons. The smallest absolute Gasteiger partial charge is 0.118 e. The van der Waals surface area contributed by atoms with Gasteiger partial charge in [0.2, 0.25) is 0 Å². The molecule has 2 heteroatoms. The quantitative estimate of drug-likeness (QED) is 0.893. The average molecular weight is 297 g/mol. The molecule has 0 aliphatic heterocycles. The van der Waals surface area contributed by atoms with Crippen LogP contribution < -0.4 is 10.5 Å². The van der Waals surface area contributed by atoms with Gasteiger partial charge in [0.1, 0.15) is 5.75 Å². The van der Waals surface area contributed by atoms with Crippen molar-refractivity contribution in [1.82, 2.24) is 0 Å². The van der Waals surface area contributed by atoms with Gasteiger partial charge in [0.25, 0.3) is 0 Å². The van der Waals surface area contributed by atoms with Gasteiger partial charge in [0.05, 0.1) is 7.11 Å². The molecular weight excluding hydrogens is 270 g/mol. The summed E-state index contributed by atoms with van der Waals surface area (Å²) in [4.78, 5) is 0. The first-order valence-corrected chi connectivity index (χ1v) is 7.87. The molecule has 0 heterocycles. The summed E-state index contributed by atoms with van der Waals surface area (Å²) in [6.45, 7) is 8.71. The zero-order chi connectivity index (χ0) is 16.3. The summed E-state index contributed by atoms with van der Waals surface area (Å²) >= 11 is 0. The van der Waals surface area contributed by atoms with Crippen LogP contribution in [0.4, 0.5) is 0 Å². The molecule has 2 aromatic carbocycles. The summed E-state index contributed by atoms with van der Waals surface area (Å²) < 4.78 is 5.28. The van der Waals surface area contributed by atoms with E-state index in [1.807, 2.05) is 12.1 Å². The van der Waals surface area contributed by atoms with Gasteiger partial charge in [0.15, 0.2) is 0 Å². The van der Waals surface area contributed by atoms with E-state index in [0.29, 0.717) is 5.92 Å². The minimum atomic E-state index is -0.228. The Morgan fingerprint density at radius 2 is 1.36 bits per heavy atom. The van der Waals surface area contributed by atoms with Crippen LogP contribution in [0.2, 0.25) is 0 Å². The molecule has 2 rings (SSSR count). The summed E-state index contributed by atoms with van der Waals surface area (Å²) in [6, 6.07) is 17.0. The Hall–Kier alpha value is -1.80. The third kappa shape index (κ3) is 3.02. The van der Waals surface area contributed by atoms with E-state index in [0.717, 1.165) is 5.75 Å². The second-order valence-corrected chi connectivity index (χ2v) is 6.57. The minimum Gasteiger partial charge on any atom is -0.497 e. The Kier molecular flexibility index (Phi) is 4.92. The van der Waals surface area contributed by atoms with Crippen LogP contribution in [0.1, 0.15) is 37.5 Å². The van der Waals surface area contributed by atoms with Gasteiger partial charge in [-0.1, -0.05) is 55.8 Å². The number of methoxy groups -OCH3 is 1. The fourth-order valence-electron chi connectivity index (χ4n) is 3.06. The van der Waals surface area contributed by atoms with Gasteiger partial charge in [0, 0.05) is 11.5 Å². The molecule has 0 aromatic heterocycles. The second-order valence-electron chi connectivity index (χ2n) is 6.57. The molecule has 2 atom stereocenters. The van der Waals surface area contributed by atoms with Crippen molar-refractivity contribution in [3.8, 4) is 5.75 Å². The summed E-state index contributed by atoms with van der Waals surface area (Å²) in [5, 5.41) is 0. The largest absolute Gasteiger partial charge is 0.497 e. The Bertz CT molecular complexity index is 601. The standard InChI is InChI=1S/C20H27NO/c1-14(2)19(21)20(4,16-8-6-15(3)7-9-16)17-10-12-18(22-5)13-11-17/h6-14,19H,21H2,1-5H3/t19-,20?/m1/s1. The van der Waals surface area contributed by atoms with Crippen molar-refractivity contribution in [3.05, 3.63) is 65.2 Å². The number of benzene rings is 2. The van der Waals surface area contributed by atoms with E-state index >= 15 is 0 Å². The van der Waals surface area contributed by atoms with E-state index in [1.54, 1.807) is 7.11 Å². The summed E-state index contributed by atoms with van der Waals surface area (Å²) in [5.41, 5.74) is 10.1. The Labute approximate surface area is 134 Å². The maximum Gasteiger partial charge on any atom is 0.118 e. The fraction of sp³-hybridized carbons (Fsp3) is 0.400. The van der Waals surface area contributed by atoms with Crippen molar-refractivity contribution in [3.63, 3.8) is 0 Å². The summed E-state index contributed by atoms with van der Waals surface area (Å²) in [7, 11) is 1.69. The molecule has 0 radical (unpaired) electrons. The molecule has 2 nitrogen and oxygen atoms in total. The molecule has 0 saturated heterocycles. The molecule has 0 aliphatic rings. The second kappa shape index (κ2) is 6.53. The summed E-state index contributed by atoms with van der Waals surface area (Å²) in [5.74, 6) is 1.25. The van der Waals surface area contributed by atoms with E-state index in [4.69, 9.17) is 10.5 Å². The molecule has 0 amide bonds.